The summed E-state index contributed by atoms with van der Waals surface area (Å²) in [6.07, 6.45) is 5.59. The van der Waals surface area contributed by atoms with Crippen molar-refractivity contribution >= 4 is 71.1 Å². The first-order valence-corrected chi connectivity index (χ1v) is 25.0. The van der Waals surface area contributed by atoms with E-state index in [-0.39, 0.29) is 0 Å². The van der Waals surface area contributed by atoms with Crippen molar-refractivity contribution in [1.82, 2.24) is 0 Å². The Morgan fingerprint density at radius 1 is 0.366 bits per heavy atom. The first-order valence-electron chi connectivity index (χ1n) is 25.0. The Morgan fingerprint density at radius 3 is 1.42 bits per heavy atom. The number of rotatable bonds is 8. The zero-order chi connectivity index (χ0) is 48.0. The van der Waals surface area contributed by atoms with Crippen LogP contribution >= 0.6 is 0 Å². The summed E-state index contributed by atoms with van der Waals surface area (Å²) < 4.78 is 0. The molecule has 0 aliphatic heterocycles. The molecule has 0 aromatic heterocycles. The fourth-order valence-corrected chi connectivity index (χ4v) is 11.1. The van der Waals surface area contributed by atoms with Crippen molar-refractivity contribution in [3.63, 3.8) is 0 Å². The van der Waals surface area contributed by atoms with Gasteiger partial charge in [0.2, 0.25) is 0 Å². The van der Waals surface area contributed by atoms with Gasteiger partial charge in [-0.05, 0) is 176 Å². The molecular weight excluding hydrogens is 853 g/mol. The van der Waals surface area contributed by atoms with Gasteiger partial charge in [0.05, 0.1) is 0 Å². The van der Waals surface area contributed by atoms with Gasteiger partial charge in [0.15, 0.2) is 0 Å². The molecule has 12 aromatic carbocycles. The number of aryl methyl sites for hydroxylation is 1. The summed E-state index contributed by atoms with van der Waals surface area (Å²) in [4.78, 5) is 0. The third-order valence-electron chi connectivity index (χ3n) is 15.1. The third-order valence-corrected chi connectivity index (χ3v) is 15.1. The molecule has 0 N–H and O–H groups in total. The van der Waals surface area contributed by atoms with E-state index in [0.717, 1.165) is 6.42 Å². The number of allylic oxidation sites excluding steroid dienone is 2. The highest BCUT2D eigenvalue weighted by Gasteiger charge is 2.14. The van der Waals surface area contributed by atoms with Gasteiger partial charge in [-0.25, -0.2) is 0 Å². The zero-order valence-electron chi connectivity index (χ0n) is 40.8. The maximum absolute atomic E-state index is 2.40. The minimum atomic E-state index is 0.991. The summed E-state index contributed by atoms with van der Waals surface area (Å²) in [5, 5.41) is 15.4. The van der Waals surface area contributed by atoms with Crippen molar-refractivity contribution in [1.29, 1.82) is 0 Å². The van der Waals surface area contributed by atoms with Crippen molar-refractivity contribution < 1.29 is 0 Å². The highest BCUT2D eigenvalue weighted by atomic mass is 14.2. The van der Waals surface area contributed by atoms with E-state index < -0.39 is 0 Å². The van der Waals surface area contributed by atoms with Gasteiger partial charge in [0.1, 0.15) is 0 Å². The molecule has 0 radical (unpaired) electrons. The zero-order valence-corrected chi connectivity index (χ0v) is 40.8. The average Bonchev–Trinajstić information content (AvgIpc) is 3.43. The van der Waals surface area contributed by atoms with Gasteiger partial charge >= 0.3 is 0 Å². The highest BCUT2D eigenvalue weighted by molar-refractivity contribution is 6.13. The fourth-order valence-electron chi connectivity index (χ4n) is 11.1. The van der Waals surface area contributed by atoms with Gasteiger partial charge in [-0.1, -0.05) is 243 Å². The minimum Gasteiger partial charge on any atom is -0.0651 e. The van der Waals surface area contributed by atoms with E-state index in [1.165, 1.54) is 142 Å². The van der Waals surface area contributed by atoms with Crippen LogP contribution < -0.4 is 10.4 Å². The summed E-state index contributed by atoms with van der Waals surface area (Å²) >= 11 is 0. The van der Waals surface area contributed by atoms with Crippen molar-refractivity contribution in [2.75, 3.05) is 0 Å². The first-order chi connectivity index (χ1) is 34.9. The lowest BCUT2D eigenvalue weighted by atomic mass is 9.89. The van der Waals surface area contributed by atoms with Gasteiger partial charge in [-0.2, -0.15) is 0 Å². The lowest BCUT2D eigenvalue weighted by Gasteiger charge is -2.15. The second kappa shape index (κ2) is 18.4. The van der Waals surface area contributed by atoms with Crippen LogP contribution in [0.3, 0.4) is 0 Å². The number of hydrogen-bond donors (Lipinski definition) is 0. The topological polar surface area (TPSA) is 0 Å². The van der Waals surface area contributed by atoms with Crippen LogP contribution in [0.25, 0.3) is 127 Å². The van der Waals surface area contributed by atoms with E-state index in [0.29, 0.717) is 0 Å². The maximum atomic E-state index is 2.40. The van der Waals surface area contributed by atoms with Crippen LogP contribution in [0.2, 0.25) is 0 Å². The fraction of sp³-hybridized carbons (Fsp3) is 0.0704. The van der Waals surface area contributed by atoms with Crippen LogP contribution in [0.1, 0.15) is 38.3 Å². The smallest absolute Gasteiger partial charge is 0.00697 e. The monoisotopic (exact) mass is 906 g/mol. The van der Waals surface area contributed by atoms with Gasteiger partial charge in [0, 0.05) is 0 Å². The minimum absolute atomic E-state index is 0.991. The van der Waals surface area contributed by atoms with Crippen LogP contribution in [-0.2, 0) is 0 Å². The predicted molar refractivity (Wildman–Crippen MR) is 309 cm³/mol. The van der Waals surface area contributed by atoms with Gasteiger partial charge in [-0.15, -0.1) is 0 Å². The molecular formula is C71H54. The highest BCUT2D eigenvalue weighted by Crippen LogP contribution is 2.40. The molecule has 0 bridgehead atoms. The van der Waals surface area contributed by atoms with Gasteiger partial charge < -0.3 is 0 Å². The van der Waals surface area contributed by atoms with Crippen LogP contribution in [-0.4, -0.2) is 0 Å². The molecule has 71 heavy (non-hydrogen) atoms. The van der Waals surface area contributed by atoms with Crippen LogP contribution in [0.5, 0.6) is 0 Å². The van der Waals surface area contributed by atoms with Gasteiger partial charge in [-0.3, -0.25) is 0 Å². The molecule has 0 unspecified atom stereocenters. The number of benzene rings is 12. The largest absolute Gasteiger partial charge is 0.0651 e. The summed E-state index contributed by atoms with van der Waals surface area (Å²) in [5.41, 5.74) is 17.5. The molecule has 0 saturated heterocycles. The van der Waals surface area contributed by atoms with Crippen LogP contribution in [0.15, 0.2) is 237 Å². The Kier molecular flexibility index (Phi) is 11.3. The third kappa shape index (κ3) is 8.02. The molecule has 0 aliphatic rings. The molecule has 12 rings (SSSR count). The molecule has 0 heteroatoms. The first kappa shape index (κ1) is 43.7. The van der Waals surface area contributed by atoms with E-state index in [1.807, 2.05) is 0 Å². The Hall–Kier alpha value is -8.58. The summed E-state index contributed by atoms with van der Waals surface area (Å²) in [5.74, 6) is 0. The van der Waals surface area contributed by atoms with Crippen LogP contribution in [0, 0.1) is 6.92 Å². The standard InChI is InChI=1S/C71H54/c1-5-46(2)70-57(38-34-55-36-40-59(44-68(55)70)66-22-12-16-50-14-6-8-18-62(50)66)25-24-47(3)49-26-28-53(29-27-49)64-20-10-11-21-65(64)54-32-30-52(31-33-54)61-43-42-58-39-35-56-37-41-60(45-69(56)71(58)48(61)4)67-23-13-17-51-15-7-9-19-63(51)67/h6-45H,5H2,1-4H3/b47-24+,57-25-,70-46?. The normalized spacial score (nSPS) is 12.7. The molecule has 0 amide bonds. The van der Waals surface area contributed by atoms with E-state index in [4.69, 9.17) is 0 Å². The van der Waals surface area contributed by atoms with Crippen molar-refractivity contribution in [3.8, 4) is 55.6 Å². The summed E-state index contributed by atoms with van der Waals surface area (Å²) in [6.45, 7) is 9.06. The molecule has 0 spiro atoms. The maximum Gasteiger partial charge on any atom is -0.00697 e. The molecule has 0 nitrogen and oxygen atoms in total. The molecule has 0 saturated carbocycles. The van der Waals surface area contributed by atoms with Crippen molar-refractivity contribution in [3.05, 3.63) is 258 Å². The number of hydrogen-bond acceptors (Lipinski definition) is 0. The molecule has 0 aliphatic carbocycles. The Morgan fingerprint density at radius 2 is 0.803 bits per heavy atom. The Labute approximate surface area is 416 Å². The second-order valence-corrected chi connectivity index (χ2v) is 19.2. The van der Waals surface area contributed by atoms with E-state index in [2.05, 4.69) is 270 Å². The quantitative estimate of drug-likeness (QED) is 0.133. The van der Waals surface area contributed by atoms with Crippen molar-refractivity contribution in [2.45, 2.75) is 34.1 Å². The molecule has 12 aromatic rings. The van der Waals surface area contributed by atoms with E-state index in [1.54, 1.807) is 0 Å². The summed E-state index contributed by atoms with van der Waals surface area (Å²) in [7, 11) is 0. The van der Waals surface area contributed by atoms with E-state index >= 15 is 0 Å². The number of fused-ring (bicyclic) bond motifs is 6. The summed E-state index contributed by atoms with van der Waals surface area (Å²) in [6, 6.07) is 85.3. The Bertz CT molecular complexity index is 4190. The Balaban J connectivity index is 0.840. The predicted octanol–water partition coefficient (Wildman–Crippen LogP) is 18.6. The lowest BCUT2D eigenvalue weighted by molar-refractivity contribution is 1.21. The van der Waals surface area contributed by atoms with Gasteiger partial charge in [0.25, 0.3) is 0 Å². The molecule has 0 heterocycles. The van der Waals surface area contributed by atoms with Crippen LogP contribution in [0.4, 0.5) is 0 Å². The average molecular weight is 907 g/mol. The molecule has 338 valence electrons. The second-order valence-electron chi connectivity index (χ2n) is 19.2. The molecule has 0 atom stereocenters. The van der Waals surface area contributed by atoms with E-state index in [9.17, 15) is 0 Å². The molecule has 0 fully saturated rings. The lowest BCUT2D eigenvalue weighted by Crippen LogP contribution is -2.27. The SMILES string of the molecule is CCC(C)=c1/c(=C\C=C(/C)c2ccc(-c3ccccc3-c3ccc(-c4ccc5ccc6ccc(-c7cccc8ccccc78)cc6c5c4C)cc3)cc2)ccc2ccc(-c3cccc4ccccc34)cc12. The van der Waals surface area contributed by atoms with Crippen molar-refractivity contribution in [2.24, 2.45) is 0 Å².